The standard InChI is InChI=1S/C15H17N3OS/c1-10-6-7-17-15(13(10)14(16)20)18-9-11-4-3-5-12(8-11)19-2/h3-8H,9H2,1-2H3,(H2,16,20)(H,17,18). The van der Waals surface area contributed by atoms with Gasteiger partial charge in [0.25, 0.3) is 0 Å². The third-order valence-corrected chi connectivity index (χ3v) is 3.20. The molecule has 0 bridgehead atoms. The molecule has 0 unspecified atom stereocenters. The number of benzene rings is 1. The Morgan fingerprint density at radius 3 is 2.90 bits per heavy atom. The van der Waals surface area contributed by atoms with Crippen LogP contribution >= 0.6 is 12.2 Å². The Hall–Kier alpha value is -2.14. The van der Waals surface area contributed by atoms with Gasteiger partial charge in [0, 0.05) is 12.7 Å². The molecule has 1 aromatic heterocycles. The number of nitrogens with one attached hydrogen (secondary N) is 1. The lowest BCUT2D eigenvalue weighted by molar-refractivity contribution is 0.414. The Balaban J connectivity index is 2.18. The maximum absolute atomic E-state index is 5.76. The molecular weight excluding hydrogens is 270 g/mol. The van der Waals surface area contributed by atoms with Gasteiger partial charge in [0.05, 0.1) is 12.7 Å². The molecule has 1 aromatic carbocycles. The van der Waals surface area contributed by atoms with Gasteiger partial charge in [-0.1, -0.05) is 24.4 Å². The highest BCUT2D eigenvalue weighted by Crippen LogP contribution is 2.18. The van der Waals surface area contributed by atoms with Crippen LogP contribution < -0.4 is 15.8 Å². The molecule has 0 aliphatic carbocycles. The molecule has 0 radical (unpaired) electrons. The van der Waals surface area contributed by atoms with Gasteiger partial charge in [-0.15, -0.1) is 0 Å². The fourth-order valence-corrected chi connectivity index (χ4v) is 2.23. The number of methoxy groups -OCH3 is 1. The lowest BCUT2D eigenvalue weighted by atomic mass is 10.1. The number of rotatable bonds is 5. The van der Waals surface area contributed by atoms with Gasteiger partial charge in [0.15, 0.2) is 0 Å². The maximum Gasteiger partial charge on any atom is 0.136 e. The summed E-state index contributed by atoms with van der Waals surface area (Å²) in [5, 5.41) is 3.27. The van der Waals surface area contributed by atoms with Crippen LogP contribution in [0.2, 0.25) is 0 Å². The molecule has 0 saturated heterocycles. The molecule has 0 fully saturated rings. The van der Waals surface area contributed by atoms with Gasteiger partial charge in [-0.25, -0.2) is 4.98 Å². The van der Waals surface area contributed by atoms with Crippen molar-refractivity contribution >= 4 is 23.0 Å². The van der Waals surface area contributed by atoms with Crippen LogP contribution in [0.25, 0.3) is 0 Å². The zero-order chi connectivity index (χ0) is 14.5. The topological polar surface area (TPSA) is 60.2 Å². The van der Waals surface area contributed by atoms with Crippen molar-refractivity contribution in [3.05, 3.63) is 53.2 Å². The highest BCUT2D eigenvalue weighted by atomic mass is 32.1. The van der Waals surface area contributed by atoms with E-state index in [0.717, 1.165) is 22.4 Å². The van der Waals surface area contributed by atoms with Crippen molar-refractivity contribution in [3.8, 4) is 5.75 Å². The van der Waals surface area contributed by atoms with E-state index in [1.54, 1.807) is 13.3 Å². The summed E-state index contributed by atoms with van der Waals surface area (Å²) in [6.07, 6.45) is 1.74. The number of nitrogens with two attached hydrogens (primary N) is 1. The Kier molecular flexibility index (Phi) is 4.53. The molecule has 4 nitrogen and oxygen atoms in total. The van der Waals surface area contributed by atoms with E-state index in [-0.39, 0.29) is 0 Å². The van der Waals surface area contributed by atoms with Crippen molar-refractivity contribution in [3.63, 3.8) is 0 Å². The summed E-state index contributed by atoms with van der Waals surface area (Å²) in [4.78, 5) is 4.66. The van der Waals surface area contributed by atoms with E-state index in [2.05, 4.69) is 10.3 Å². The fourth-order valence-electron chi connectivity index (χ4n) is 1.97. The van der Waals surface area contributed by atoms with Gasteiger partial charge in [-0.3, -0.25) is 0 Å². The van der Waals surface area contributed by atoms with Crippen LogP contribution in [0.5, 0.6) is 5.75 Å². The van der Waals surface area contributed by atoms with Gasteiger partial charge in [0.1, 0.15) is 16.6 Å². The van der Waals surface area contributed by atoms with Crippen LogP contribution in [0.3, 0.4) is 0 Å². The number of anilines is 1. The minimum atomic E-state index is 0.351. The van der Waals surface area contributed by atoms with Gasteiger partial charge in [0.2, 0.25) is 0 Å². The molecule has 20 heavy (non-hydrogen) atoms. The van der Waals surface area contributed by atoms with E-state index in [1.807, 2.05) is 37.3 Å². The van der Waals surface area contributed by atoms with E-state index in [9.17, 15) is 0 Å². The number of thiocarbonyl (C=S) groups is 1. The zero-order valence-corrected chi connectivity index (χ0v) is 12.3. The molecule has 104 valence electrons. The Morgan fingerprint density at radius 2 is 2.20 bits per heavy atom. The van der Waals surface area contributed by atoms with Crippen molar-refractivity contribution in [1.29, 1.82) is 0 Å². The number of hydrogen-bond donors (Lipinski definition) is 2. The van der Waals surface area contributed by atoms with Crippen molar-refractivity contribution in [2.75, 3.05) is 12.4 Å². The third kappa shape index (κ3) is 3.24. The van der Waals surface area contributed by atoms with Crippen molar-refractivity contribution < 1.29 is 4.74 Å². The molecule has 3 N–H and O–H groups in total. The van der Waals surface area contributed by atoms with Crippen molar-refractivity contribution in [1.82, 2.24) is 4.98 Å². The smallest absolute Gasteiger partial charge is 0.136 e. The van der Waals surface area contributed by atoms with E-state index >= 15 is 0 Å². The normalized spacial score (nSPS) is 10.1. The Bertz CT molecular complexity index is 628. The first-order valence-electron chi connectivity index (χ1n) is 6.24. The molecule has 2 aromatic rings. The summed E-state index contributed by atoms with van der Waals surface area (Å²) in [5.74, 6) is 1.54. The molecule has 1 heterocycles. The van der Waals surface area contributed by atoms with E-state index in [4.69, 9.17) is 22.7 Å². The predicted molar refractivity (Wildman–Crippen MR) is 85.2 cm³/mol. The molecule has 0 saturated carbocycles. The summed E-state index contributed by atoms with van der Waals surface area (Å²) < 4.78 is 5.20. The van der Waals surface area contributed by atoms with Gasteiger partial charge in [-0.2, -0.15) is 0 Å². The first-order chi connectivity index (χ1) is 9.61. The first-order valence-corrected chi connectivity index (χ1v) is 6.65. The molecule has 0 aliphatic heterocycles. The predicted octanol–water partition coefficient (Wildman–Crippen LogP) is 2.64. The van der Waals surface area contributed by atoms with Gasteiger partial charge >= 0.3 is 0 Å². The largest absolute Gasteiger partial charge is 0.497 e. The van der Waals surface area contributed by atoms with Crippen molar-refractivity contribution in [2.24, 2.45) is 5.73 Å². The fraction of sp³-hybridized carbons (Fsp3) is 0.200. The SMILES string of the molecule is COc1cccc(CNc2nccc(C)c2C(N)=S)c1. The molecule has 0 amide bonds. The summed E-state index contributed by atoms with van der Waals surface area (Å²) in [6.45, 7) is 2.59. The second-order valence-corrected chi connectivity index (χ2v) is 4.86. The molecule has 5 heteroatoms. The molecule has 0 spiro atoms. The van der Waals surface area contributed by atoms with Crippen LogP contribution in [0.4, 0.5) is 5.82 Å². The zero-order valence-electron chi connectivity index (χ0n) is 11.5. The first kappa shape index (κ1) is 14.3. The number of ether oxygens (including phenoxy) is 1. The van der Waals surface area contributed by atoms with Crippen LogP contribution in [-0.2, 0) is 6.54 Å². The second kappa shape index (κ2) is 6.34. The highest BCUT2D eigenvalue weighted by molar-refractivity contribution is 7.80. The number of nitrogens with zero attached hydrogens (tertiary/aromatic N) is 1. The summed E-state index contributed by atoms with van der Waals surface area (Å²) in [6, 6.07) is 9.75. The average molecular weight is 287 g/mol. The Labute approximate surface area is 124 Å². The van der Waals surface area contributed by atoms with Gasteiger partial charge in [-0.05, 0) is 36.2 Å². The highest BCUT2D eigenvalue weighted by Gasteiger charge is 2.09. The monoisotopic (exact) mass is 287 g/mol. The maximum atomic E-state index is 5.76. The van der Waals surface area contributed by atoms with Crippen LogP contribution in [0.15, 0.2) is 36.5 Å². The number of hydrogen-bond acceptors (Lipinski definition) is 4. The third-order valence-electron chi connectivity index (χ3n) is 3.00. The lowest BCUT2D eigenvalue weighted by Gasteiger charge is -2.12. The van der Waals surface area contributed by atoms with E-state index < -0.39 is 0 Å². The Morgan fingerprint density at radius 1 is 1.40 bits per heavy atom. The van der Waals surface area contributed by atoms with E-state index in [0.29, 0.717) is 17.4 Å². The van der Waals surface area contributed by atoms with Crippen molar-refractivity contribution in [2.45, 2.75) is 13.5 Å². The number of aryl methyl sites for hydroxylation is 1. The lowest BCUT2D eigenvalue weighted by Crippen LogP contribution is -2.16. The number of pyridine rings is 1. The number of aromatic nitrogens is 1. The van der Waals surface area contributed by atoms with Gasteiger partial charge < -0.3 is 15.8 Å². The van der Waals surface area contributed by atoms with E-state index in [1.165, 1.54) is 0 Å². The quantitative estimate of drug-likeness (QED) is 0.828. The molecule has 0 aliphatic rings. The van der Waals surface area contributed by atoms with Crippen LogP contribution in [0.1, 0.15) is 16.7 Å². The second-order valence-electron chi connectivity index (χ2n) is 4.42. The minimum Gasteiger partial charge on any atom is -0.497 e. The summed E-state index contributed by atoms with van der Waals surface area (Å²) >= 11 is 5.09. The molecule has 0 atom stereocenters. The molecular formula is C15H17N3OS. The van der Waals surface area contributed by atoms with Crippen LogP contribution in [0, 0.1) is 6.92 Å². The minimum absolute atomic E-state index is 0.351. The average Bonchev–Trinajstić information content (AvgIpc) is 2.45. The summed E-state index contributed by atoms with van der Waals surface area (Å²) in [7, 11) is 1.65. The molecule has 2 rings (SSSR count). The van der Waals surface area contributed by atoms with Crippen LogP contribution in [-0.4, -0.2) is 17.1 Å². The summed E-state index contributed by atoms with van der Waals surface area (Å²) in [5.41, 5.74) is 8.67.